The zero-order chi connectivity index (χ0) is 23.7. The Morgan fingerprint density at radius 1 is 0.941 bits per heavy atom. The highest BCUT2D eigenvalue weighted by molar-refractivity contribution is 6.17. The number of furan rings is 1. The smallest absolute Gasteiger partial charge is 0.262 e. The quantitative estimate of drug-likeness (QED) is 0.407. The van der Waals surface area contributed by atoms with Crippen molar-refractivity contribution in [3.63, 3.8) is 0 Å². The number of carbonyl (C=O) groups is 2. The fourth-order valence-electron chi connectivity index (χ4n) is 3.84. The average molecular weight is 457 g/mol. The SMILES string of the molecule is Cc1cccc(OCC(=O)Nc2c(C(=O)c3ccc4c(c3)OCCO4)oc3ccccc23)c1C. The molecule has 0 bridgehead atoms. The van der Waals surface area contributed by atoms with Crippen LogP contribution in [-0.2, 0) is 4.79 Å². The lowest BCUT2D eigenvalue weighted by atomic mass is 10.1. The number of carbonyl (C=O) groups excluding carboxylic acids is 2. The number of ketones is 1. The van der Waals surface area contributed by atoms with E-state index < -0.39 is 5.91 Å². The first kappa shape index (κ1) is 21.6. The normalized spacial score (nSPS) is 12.4. The van der Waals surface area contributed by atoms with E-state index in [1.165, 1.54) is 0 Å². The van der Waals surface area contributed by atoms with E-state index in [9.17, 15) is 9.59 Å². The molecular weight excluding hydrogens is 434 g/mol. The number of aryl methyl sites for hydroxylation is 1. The molecule has 5 rings (SSSR count). The summed E-state index contributed by atoms with van der Waals surface area (Å²) in [5, 5.41) is 3.44. The molecule has 2 heterocycles. The molecule has 0 radical (unpaired) electrons. The Hall–Kier alpha value is -4.26. The van der Waals surface area contributed by atoms with Gasteiger partial charge in [0, 0.05) is 10.9 Å². The van der Waals surface area contributed by atoms with Crippen LogP contribution >= 0.6 is 0 Å². The number of amides is 1. The second-order valence-electron chi connectivity index (χ2n) is 8.02. The van der Waals surface area contributed by atoms with Gasteiger partial charge in [0.05, 0.1) is 5.69 Å². The summed E-state index contributed by atoms with van der Waals surface area (Å²) in [5.41, 5.74) is 3.22. The summed E-state index contributed by atoms with van der Waals surface area (Å²) < 4.78 is 22.7. The van der Waals surface area contributed by atoms with Crippen LogP contribution < -0.4 is 19.5 Å². The monoisotopic (exact) mass is 457 g/mol. The summed E-state index contributed by atoms with van der Waals surface area (Å²) in [7, 11) is 0. The van der Waals surface area contributed by atoms with Crippen LogP contribution in [0.2, 0.25) is 0 Å². The number of fused-ring (bicyclic) bond motifs is 2. The van der Waals surface area contributed by atoms with E-state index >= 15 is 0 Å². The lowest BCUT2D eigenvalue weighted by Gasteiger charge is -2.18. The lowest BCUT2D eigenvalue weighted by molar-refractivity contribution is -0.118. The molecule has 172 valence electrons. The Bertz CT molecular complexity index is 1400. The number of hydrogen-bond acceptors (Lipinski definition) is 6. The second kappa shape index (κ2) is 8.94. The van der Waals surface area contributed by atoms with Gasteiger partial charge in [-0.15, -0.1) is 0 Å². The average Bonchev–Trinajstić information content (AvgIpc) is 3.22. The van der Waals surface area contributed by atoms with E-state index in [0.29, 0.717) is 52.7 Å². The molecule has 0 atom stereocenters. The van der Waals surface area contributed by atoms with E-state index in [4.69, 9.17) is 18.6 Å². The van der Waals surface area contributed by atoms with Gasteiger partial charge in [-0.1, -0.05) is 24.3 Å². The van der Waals surface area contributed by atoms with Crippen molar-refractivity contribution in [2.75, 3.05) is 25.1 Å². The minimum absolute atomic E-state index is 0.0398. The summed E-state index contributed by atoms with van der Waals surface area (Å²) in [6, 6.07) is 17.8. The van der Waals surface area contributed by atoms with Crippen LogP contribution in [0.3, 0.4) is 0 Å². The van der Waals surface area contributed by atoms with Crippen LogP contribution in [0.4, 0.5) is 5.69 Å². The highest BCUT2D eigenvalue weighted by Gasteiger charge is 2.25. The summed E-state index contributed by atoms with van der Waals surface area (Å²) >= 11 is 0. The topological polar surface area (TPSA) is 87.0 Å². The van der Waals surface area contributed by atoms with Crippen LogP contribution in [0, 0.1) is 13.8 Å². The zero-order valence-electron chi connectivity index (χ0n) is 18.8. The maximum absolute atomic E-state index is 13.4. The number of benzene rings is 3. The van der Waals surface area contributed by atoms with Crippen LogP contribution in [0.15, 0.2) is 65.1 Å². The molecule has 1 N–H and O–H groups in total. The third-order valence-corrected chi connectivity index (χ3v) is 5.78. The zero-order valence-corrected chi connectivity index (χ0v) is 18.8. The minimum atomic E-state index is -0.399. The molecule has 1 aliphatic heterocycles. The van der Waals surface area contributed by atoms with Crippen molar-refractivity contribution in [2.45, 2.75) is 13.8 Å². The van der Waals surface area contributed by atoms with Gasteiger partial charge in [-0.3, -0.25) is 9.59 Å². The van der Waals surface area contributed by atoms with Gasteiger partial charge in [-0.25, -0.2) is 0 Å². The Labute approximate surface area is 196 Å². The molecule has 0 saturated carbocycles. The van der Waals surface area contributed by atoms with E-state index in [-0.39, 0.29) is 18.2 Å². The number of nitrogens with one attached hydrogen (secondary N) is 1. The maximum atomic E-state index is 13.4. The molecule has 0 saturated heterocycles. The van der Waals surface area contributed by atoms with Crippen molar-refractivity contribution in [1.82, 2.24) is 0 Å². The molecule has 3 aromatic carbocycles. The van der Waals surface area contributed by atoms with E-state index in [1.807, 2.05) is 38.1 Å². The predicted octanol–water partition coefficient (Wildman–Crippen LogP) is 5.07. The first-order valence-electron chi connectivity index (χ1n) is 11.0. The predicted molar refractivity (Wildman–Crippen MR) is 127 cm³/mol. The van der Waals surface area contributed by atoms with Gasteiger partial charge in [0.2, 0.25) is 5.78 Å². The van der Waals surface area contributed by atoms with E-state index in [1.54, 1.807) is 36.4 Å². The van der Waals surface area contributed by atoms with Crippen molar-refractivity contribution in [3.8, 4) is 17.2 Å². The molecular formula is C27H23NO6. The molecule has 0 aliphatic carbocycles. The molecule has 0 fully saturated rings. The Balaban J connectivity index is 1.42. The third-order valence-electron chi connectivity index (χ3n) is 5.78. The molecule has 7 heteroatoms. The molecule has 1 aliphatic rings. The highest BCUT2D eigenvalue weighted by Crippen LogP contribution is 2.35. The summed E-state index contributed by atoms with van der Waals surface area (Å²) in [6.07, 6.45) is 0. The molecule has 34 heavy (non-hydrogen) atoms. The van der Waals surface area contributed by atoms with Crippen LogP contribution in [-0.4, -0.2) is 31.5 Å². The number of para-hydroxylation sites is 1. The molecule has 1 amide bonds. The van der Waals surface area contributed by atoms with Gasteiger partial charge in [0.15, 0.2) is 23.9 Å². The molecule has 7 nitrogen and oxygen atoms in total. The standard InChI is InChI=1S/C27H23NO6/c1-16-6-5-9-20(17(16)2)33-15-24(29)28-25-19-7-3-4-8-21(19)34-27(25)26(30)18-10-11-22-23(14-18)32-13-12-31-22/h3-11,14H,12-13,15H2,1-2H3,(H,28,29). The summed E-state index contributed by atoms with van der Waals surface area (Å²) in [6.45, 7) is 4.59. The van der Waals surface area contributed by atoms with Gasteiger partial charge in [0.25, 0.3) is 5.91 Å². The van der Waals surface area contributed by atoms with Gasteiger partial charge in [0.1, 0.15) is 24.5 Å². The van der Waals surface area contributed by atoms with Crippen molar-refractivity contribution in [1.29, 1.82) is 0 Å². The van der Waals surface area contributed by atoms with Crippen molar-refractivity contribution < 1.29 is 28.2 Å². The van der Waals surface area contributed by atoms with Crippen LogP contribution in [0.5, 0.6) is 17.2 Å². The first-order valence-corrected chi connectivity index (χ1v) is 11.0. The van der Waals surface area contributed by atoms with E-state index in [0.717, 1.165) is 11.1 Å². The second-order valence-corrected chi connectivity index (χ2v) is 8.02. The molecule has 0 spiro atoms. The highest BCUT2D eigenvalue weighted by atomic mass is 16.6. The van der Waals surface area contributed by atoms with Gasteiger partial charge >= 0.3 is 0 Å². The Morgan fingerprint density at radius 3 is 2.59 bits per heavy atom. The molecule has 0 unspecified atom stereocenters. The Morgan fingerprint density at radius 2 is 1.74 bits per heavy atom. The van der Waals surface area contributed by atoms with E-state index in [2.05, 4.69) is 5.32 Å². The maximum Gasteiger partial charge on any atom is 0.262 e. The van der Waals surface area contributed by atoms with Gasteiger partial charge in [-0.2, -0.15) is 0 Å². The molecule has 4 aromatic rings. The van der Waals surface area contributed by atoms with Crippen LogP contribution in [0.25, 0.3) is 11.0 Å². The van der Waals surface area contributed by atoms with Crippen LogP contribution in [0.1, 0.15) is 27.2 Å². The fraction of sp³-hybridized carbons (Fsp3) is 0.185. The number of anilines is 1. The Kier molecular flexibility index (Phi) is 5.67. The van der Waals surface area contributed by atoms with Gasteiger partial charge in [-0.05, 0) is 61.4 Å². The van der Waals surface area contributed by atoms with Crippen molar-refractivity contribution in [3.05, 3.63) is 83.1 Å². The molecule has 1 aromatic heterocycles. The summed E-state index contributed by atoms with van der Waals surface area (Å²) in [4.78, 5) is 26.2. The number of rotatable bonds is 6. The summed E-state index contributed by atoms with van der Waals surface area (Å²) in [5.74, 6) is 0.991. The van der Waals surface area contributed by atoms with Crippen molar-refractivity contribution in [2.24, 2.45) is 0 Å². The third kappa shape index (κ3) is 4.08. The number of ether oxygens (including phenoxy) is 3. The van der Waals surface area contributed by atoms with Gasteiger partial charge < -0.3 is 23.9 Å². The van der Waals surface area contributed by atoms with Crippen molar-refractivity contribution >= 4 is 28.3 Å². The first-order chi connectivity index (χ1) is 16.5. The largest absolute Gasteiger partial charge is 0.486 e. The number of hydrogen-bond donors (Lipinski definition) is 1. The minimum Gasteiger partial charge on any atom is -0.486 e. The lowest BCUT2D eigenvalue weighted by Crippen LogP contribution is -2.21. The fourth-order valence-corrected chi connectivity index (χ4v) is 3.84.